The summed E-state index contributed by atoms with van der Waals surface area (Å²) in [4.78, 5) is 12.2. The van der Waals surface area contributed by atoms with Gasteiger partial charge in [0, 0.05) is 32.0 Å². The Kier molecular flexibility index (Phi) is 8.00. The lowest BCUT2D eigenvalue weighted by Gasteiger charge is -2.25. The number of aryl methyl sites for hydroxylation is 1. The van der Waals surface area contributed by atoms with Crippen molar-refractivity contribution in [2.24, 2.45) is 4.99 Å². The number of fused-ring (bicyclic) bond motifs is 1. The number of hydrogen-bond acceptors (Lipinski definition) is 6. The lowest BCUT2D eigenvalue weighted by molar-refractivity contribution is -0.140. The molecule has 8 nitrogen and oxygen atoms in total. The van der Waals surface area contributed by atoms with Gasteiger partial charge in [-0.3, -0.25) is 4.99 Å². The fourth-order valence-electron chi connectivity index (χ4n) is 2.74. The fourth-order valence-corrected chi connectivity index (χ4v) is 3.48. The lowest BCUT2D eigenvalue weighted by Crippen LogP contribution is -2.46. The third-order valence-electron chi connectivity index (χ3n) is 3.99. The highest BCUT2D eigenvalue weighted by Crippen LogP contribution is 2.29. The van der Waals surface area contributed by atoms with Crippen LogP contribution in [-0.4, -0.2) is 45.9 Å². The number of halogens is 4. The molecule has 1 atom stereocenters. The number of aromatic nitrogens is 4. The summed E-state index contributed by atoms with van der Waals surface area (Å²) < 4.78 is 44.7. The molecule has 0 radical (unpaired) electrons. The molecule has 0 spiro atoms. The van der Waals surface area contributed by atoms with Crippen LogP contribution in [0, 0.1) is 0 Å². The molecular weight excluding hydrogens is 510 g/mol. The third-order valence-corrected chi connectivity index (χ3v) is 4.84. The Morgan fingerprint density at radius 2 is 2.21 bits per heavy atom. The van der Waals surface area contributed by atoms with Crippen LogP contribution in [0.15, 0.2) is 10.4 Å². The molecule has 0 aromatic carbocycles. The molecule has 13 heteroatoms. The molecule has 0 aliphatic carbocycles. The Morgan fingerprint density at radius 3 is 2.86 bits per heavy atom. The first-order chi connectivity index (χ1) is 12.9. The molecule has 3 heterocycles. The monoisotopic (exact) mass is 531 g/mol. The normalized spacial score (nSPS) is 17.0. The number of nitrogens with zero attached hydrogens (tertiary/aromatic N) is 5. The van der Waals surface area contributed by atoms with Gasteiger partial charge in [-0.05, 0) is 6.42 Å². The van der Waals surface area contributed by atoms with E-state index in [0.717, 1.165) is 35.4 Å². The van der Waals surface area contributed by atoms with E-state index in [1.807, 2.05) is 4.68 Å². The average Bonchev–Trinajstić information content (AvgIpc) is 3.24. The van der Waals surface area contributed by atoms with E-state index in [1.165, 1.54) is 0 Å². The minimum atomic E-state index is -4.42. The molecule has 0 bridgehead atoms. The maximum Gasteiger partial charge on any atom is 0.434 e. The van der Waals surface area contributed by atoms with Gasteiger partial charge in [-0.1, -0.05) is 0 Å². The minimum absolute atomic E-state index is 0. The van der Waals surface area contributed by atoms with E-state index in [4.69, 9.17) is 4.74 Å². The number of rotatable bonds is 5. The molecule has 0 saturated carbocycles. The van der Waals surface area contributed by atoms with Gasteiger partial charge in [-0.2, -0.15) is 18.3 Å². The second kappa shape index (κ2) is 9.82. The van der Waals surface area contributed by atoms with Crippen LogP contribution >= 0.6 is 35.3 Å². The Balaban J connectivity index is 0.00000280. The predicted octanol–water partition coefficient (Wildman–Crippen LogP) is 2.20. The predicted molar refractivity (Wildman–Crippen MR) is 109 cm³/mol. The van der Waals surface area contributed by atoms with E-state index in [-0.39, 0.29) is 36.6 Å². The van der Waals surface area contributed by atoms with Gasteiger partial charge < -0.3 is 15.4 Å². The number of guanidine groups is 1. The van der Waals surface area contributed by atoms with E-state index >= 15 is 0 Å². The van der Waals surface area contributed by atoms with Crippen molar-refractivity contribution in [2.45, 2.75) is 44.8 Å². The van der Waals surface area contributed by atoms with Crippen LogP contribution < -0.4 is 10.6 Å². The van der Waals surface area contributed by atoms with Crippen LogP contribution in [0.25, 0.3) is 0 Å². The molecule has 3 rings (SSSR count). The highest BCUT2D eigenvalue weighted by Gasteiger charge is 2.33. The largest absolute Gasteiger partial charge is 0.434 e. The highest BCUT2D eigenvalue weighted by atomic mass is 127. The molecule has 2 aromatic heterocycles. The summed E-state index contributed by atoms with van der Waals surface area (Å²) in [5.74, 6) is 2.08. The first kappa shape index (κ1) is 22.8. The van der Waals surface area contributed by atoms with Crippen molar-refractivity contribution in [3.63, 3.8) is 0 Å². The van der Waals surface area contributed by atoms with Crippen molar-refractivity contribution >= 4 is 41.3 Å². The summed E-state index contributed by atoms with van der Waals surface area (Å²) in [5, 5.41) is 12.0. The lowest BCUT2D eigenvalue weighted by atomic mass is 10.1. The first-order valence-electron chi connectivity index (χ1n) is 8.29. The topological polar surface area (TPSA) is 89.2 Å². The number of aliphatic imine (C=N–C) groups is 1. The third kappa shape index (κ3) is 5.76. The van der Waals surface area contributed by atoms with Crippen molar-refractivity contribution in [1.82, 2.24) is 30.4 Å². The summed E-state index contributed by atoms with van der Waals surface area (Å²) in [6, 6.07) is 0.0859. The van der Waals surface area contributed by atoms with Gasteiger partial charge in [-0.15, -0.1) is 35.3 Å². The molecule has 0 fully saturated rings. The highest BCUT2D eigenvalue weighted by molar-refractivity contribution is 14.0. The van der Waals surface area contributed by atoms with E-state index in [1.54, 1.807) is 14.2 Å². The average molecular weight is 531 g/mol. The molecule has 0 saturated heterocycles. The summed E-state index contributed by atoms with van der Waals surface area (Å²) >= 11 is 0.962. The molecule has 0 amide bonds. The number of ether oxygens (including phenoxy) is 1. The maximum absolute atomic E-state index is 12.6. The van der Waals surface area contributed by atoms with E-state index in [9.17, 15) is 13.2 Å². The number of thiazole rings is 1. The second-order valence-corrected chi connectivity index (χ2v) is 6.93. The number of alkyl halides is 3. The zero-order valence-electron chi connectivity index (χ0n) is 15.3. The number of hydrogen-bond donors (Lipinski definition) is 2. The van der Waals surface area contributed by atoms with Gasteiger partial charge >= 0.3 is 6.18 Å². The van der Waals surface area contributed by atoms with Crippen LogP contribution in [0.1, 0.15) is 28.8 Å². The Labute approximate surface area is 181 Å². The van der Waals surface area contributed by atoms with Crippen LogP contribution in [0.2, 0.25) is 0 Å². The molecule has 1 unspecified atom stereocenters. The van der Waals surface area contributed by atoms with Gasteiger partial charge in [0.05, 0.1) is 13.1 Å². The maximum atomic E-state index is 12.6. The smallest absolute Gasteiger partial charge is 0.377 e. The fraction of sp³-hybridized carbons (Fsp3) is 0.600. The molecular formula is C15H21F3IN7OS. The van der Waals surface area contributed by atoms with Crippen molar-refractivity contribution in [1.29, 1.82) is 0 Å². The molecule has 2 N–H and O–H groups in total. The minimum Gasteiger partial charge on any atom is -0.377 e. The van der Waals surface area contributed by atoms with E-state index in [2.05, 4.69) is 30.7 Å². The number of methoxy groups -OCH3 is 1. The number of nitrogens with one attached hydrogen (secondary N) is 2. The zero-order chi connectivity index (χ0) is 19.4. The van der Waals surface area contributed by atoms with Crippen molar-refractivity contribution in [3.05, 3.63) is 27.7 Å². The van der Waals surface area contributed by atoms with E-state index in [0.29, 0.717) is 29.9 Å². The van der Waals surface area contributed by atoms with Crippen LogP contribution in [-0.2, 0) is 37.0 Å². The summed E-state index contributed by atoms with van der Waals surface area (Å²) in [5.41, 5.74) is -0.870. The molecule has 28 heavy (non-hydrogen) atoms. The Hall–Kier alpha value is -1.48. The molecule has 156 valence electrons. The van der Waals surface area contributed by atoms with Gasteiger partial charge in [-0.25, -0.2) is 14.6 Å². The SMILES string of the molecule is CN=C(NCc1nc(C(F)(F)F)cs1)NC1CCc2nc(COC)nn2C1.I. The Bertz CT molecular complexity index is 808. The van der Waals surface area contributed by atoms with Crippen molar-refractivity contribution < 1.29 is 17.9 Å². The Morgan fingerprint density at radius 1 is 1.43 bits per heavy atom. The molecule has 2 aromatic rings. The van der Waals surface area contributed by atoms with Crippen molar-refractivity contribution in [2.75, 3.05) is 14.2 Å². The van der Waals surface area contributed by atoms with Crippen LogP contribution in [0.3, 0.4) is 0 Å². The van der Waals surface area contributed by atoms with E-state index < -0.39 is 11.9 Å². The molecule has 1 aliphatic heterocycles. The van der Waals surface area contributed by atoms with Gasteiger partial charge in [0.2, 0.25) is 0 Å². The van der Waals surface area contributed by atoms with Crippen molar-refractivity contribution in [3.8, 4) is 0 Å². The zero-order valence-corrected chi connectivity index (χ0v) is 18.4. The van der Waals surface area contributed by atoms with Crippen LogP contribution in [0.5, 0.6) is 0 Å². The summed E-state index contributed by atoms with van der Waals surface area (Å²) in [6.07, 6.45) is -2.80. The van der Waals surface area contributed by atoms with Gasteiger partial charge in [0.15, 0.2) is 17.5 Å². The summed E-state index contributed by atoms with van der Waals surface area (Å²) in [6.45, 7) is 1.16. The summed E-state index contributed by atoms with van der Waals surface area (Å²) in [7, 11) is 3.21. The molecule has 1 aliphatic rings. The standard InChI is InChI=1S/C15H20F3N7OS.HI/c1-19-14(20-5-13-22-10(8-27-13)15(16,17)18)21-9-3-4-12-23-11(7-26-2)24-25(12)6-9;/h8-9H,3-7H2,1-2H3,(H2,19,20,21);1H. The second-order valence-electron chi connectivity index (χ2n) is 5.99. The van der Waals surface area contributed by atoms with Crippen LogP contribution in [0.4, 0.5) is 13.2 Å². The van der Waals surface area contributed by atoms with Gasteiger partial charge in [0.25, 0.3) is 0 Å². The first-order valence-corrected chi connectivity index (χ1v) is 9.17. The van der Waals surface area contributed by atoms with Gasteiger partial charge in [0.1, 0.15) is 17.4 Å². The quantitative estimate of drug-likeness (QED) is 0.350.